The third-order valence-corrected chi connectivity index (χ3v) is 6.11. The fourth-order valence-corrected chi connectivity index (χ4v) is 4.14. The van der Waals surface area contributed by atoms with E-state index in [4.69, 9.17) is 16.3 Å². The van der Waals surface area contributed by atoms with Crippen LogP contribution in [-0.4, -0.2) is 63.8 Å². The van der Waals surface area contributed by atoms with Crippen molar-refractivity contribution in [2.24, 2.45) is 0 Å². The Bertz CT molecular complexity index is 794. The van der Waals surface area contributed by atoms with E-state index in [1.54, 1.807) is 0 Å². The number of nitrogens with one attached hydrogen (secondary N) is 1. The number of rotatable bonds is 12. The highest BCUT2D eigenvalue weighted by Crippen LogP contribution is 2.27. The SMILES string of the molecule is CC(Cc1ccccc1N(C=O)CCNCCCN1CCOCC1)c1ccc(Cl)cc1. The smallest absolute Gasteiger partial charge is 0.214 e. The van der Waals surface area contributed by atoms with Crippen LogP contribution in [0.25, 0.3) is 0 Å². The lowest BCUT2D eigenvalue weighted by Crippen LogP contribution is -2.38. The van der Waals surface area contributed by atoms with E-state index in [0.717, 1.165) is 75.9 Å². The molecule has 1 amide bonds. The Hall–Kier alpha value is -1.92. The number of morpholine rings is 1. The molecule has 0 bridgehead atoms. The van der Waals surface area contributed by atoms with Crippen molar-refractivity contribution in [1.29, 1.82) is 0 Å². The van der Waals surface area contributed by atoms with Gasteiger partial charge in [0, 0.05) is 36.9 Å². The molecule has 1 N–H and O–H groups in total. The van der Waals surface area contributed by atoms with Crippen molar-refractivity contribution >= 4 is 23.7 Å². The van der Waals surface area contributed by atoms with Gasteiger partial charge in [0.15, 0.2) is 0 Å². The fraction of sp³-hybridized carbons (Fsp3) is 0.480. The lowest BCUT2D eigenvalue weighted by atomic mass is 9.93. The molecule has 1 fully saturated rings. The van der Waals surface area contributed by atoms with Crippen LogP contribution in [0.4, 0.5) is 5.69 Å². The molecule has 1 unspecified atom stereocenters. The molecule has 1 aliphatic rings. The summed E-state index contributed by atoms with van der Waals surface area (Å²) in [5, 5.41) is 4.23. The number of hydrogen-bond acceptors (Lipinski definition) is 4. The Balaban J connectivity index is 1.48. The minimum atomic E-state index is 0.338. The maximum atomic E-state index is 11.8. The summed E-state index contributed by atoms with van der Waals surface area (Å²) in [6.45, 7) is 9.46. The van der Waals surface area contributed by atoms with Crippen LogP contribution in [0.15, 0.2) is 48.5 Å². The second-order valence-electron chi connectivity index (χ2n) is 8.14. The molecule has 0 spiro atoms. The van der Waals surface area contributed by atoms with Crippen LogP contribution in [0.1, 0.15) is 30.4 Å². The molecule has 5 nitrogen and oxygen atoms in total. The van der Waals surface area contributed by atoms with E-state index in [1.807, 2.05) is 35.2 Å². The van der Waals surface area contributed by atoms with Crippen LogP contribution in [0.5, 0.6) is 0 Å². The number of para-hydroxylation sites is 1. The van der Waals surface area contributed by atoms with Crippen molar-refractivity contribution < 1.29 is 9.53 Å². The van der Waals surface area contributed by atoms with E-state index in [-0.39, 0.29) is 0 Å². The third kappa shape index (κ3) is 7.62. The minimum absolute atomic E-state index is 0.338. The standard InChI is InChI=1S/C25H34ClN3O2/c1-21(22-7-9-24(26)10-8-22)19-23-5-2-3-6-25(23)29(20-30)14-12-27-11-4-13-28-15-17-31-18-16-28/h2-3,5-10,20-21,27H,4,11-19H2,1H3. The Morgan fingerprint density at radius 1 is 1.13 bits per heavy atom. The van der Waals surface area contributed by atoms with Gasteiger partial charge in [-0.25, -0.2) is 0 Å². The number of carbonyl (C=O) groups excluding carboxylic acids is 1. The van der Waals surface area contributed by atoms with Gasteiger partial charge >= 0.3 is 0 Å². The number of ether oxygens (including phenoxy) is 1. The molecule has 1 heterocycles. The molecule has 0 aromatic heterocycles. The summed E-state index contributed by atoms with van der Waals surface area (Å²) in [5.41, 5.74) is 3.43. The van der Waals surface area contributed by atoms with Gasteiger partial charge < -0.3 is 15.0 Å². The van der Waals surface area contributed by atoms with Crippen molar-refractivity contribution in [3.8, 4) is 0 Å². The van der Waals surface area contributed by atoms with Crippen LogP contribution in [0.2, 0.25) is 5.02 Å². The lowest BCUT2D eigenvalue weighted by molar-refractivity contribution is -0.107. The average molecular weight is 444 g/mol. The van der Waals surface area contributed by atoms with Crippen LogP contribution in [0, 0.1) is 0 Å². The molecular formula is C25H34ClN3O2. The second kappa shape index (κ2) is 12.8. The molecule has 1 saturated heterocycles. The van der Waals surface area contributed by atoms with Crippen molar-refractivity contribution in [2.45, 2.75) is 25.7 Å². The molecular weight excluding hydrogens is 410 g/mol. The van der Waals surface area contributed by atoms with Gasteiger partial charge in [-0.15, -0.1) is 0 Å². The first-order valence-electron chi connectivity index (χ1n) is 11.2. The highest BCUT2D eigenvalue weighted by molar-refractivity contribution is 6.30. The number of carbonyl (C=O) groups is 1. The first-order valence-corrected chi connectivity index (χ1v) is 11.6. The molecule has 0 aliphatic carbocycles. The molecule has 6 heteroatoms. The maximum absolute atomic E-state index is 11.8. The lowest BCUT2D eigenvalue weighted by Gasteiger charge is -2.26. The molecule has 2 aromatic carbocycles. The van der Waals surface area contributed by atoms with Crippen LogP contribution in [-0.2, 0) is 16.0 Å². The zero-order valence-corrected chi connectivity index (χ0v) is 19.2. The zero-order chi connectivity index (χ0) is 21.9. The molecule has 168 valence electrons. The largest absolute Gasteiger partial charge is 0.379 e. The monoisotopic (exact) mass is 443 g/mol. The molecule has 2 aromatic rings. The number of amides is 1. The summed E-state index contributed by atoms with van der Waals surface area (Å²) < 4.78 is 5.39. The third-order valence-electron chi connectivity index (χ3n) is 5.85. The summed E-state index contributed by atoms with van der Waals surface area (Å²) in [6.07, 6.45) is 2.92. The van der Waals surface area contributed by atoms with Crippen molar-refractivity contribution in [3.05, 3.63) is 64.7 Å². The van der Waals surface area contributed by atoms with Crippen molar-refractivity contribution in [3.63, 3.8) is 0 Å². The van der Waals surface area contributed by atoms with Gasteiger partial charge in [0.2, 0.25) is 6.41 Å². The zero-order valence-electron chi connectivity index (χ0n) is 18.4. The first-order chi connectivity index (χ1) is 15.2. The fourth-order valence-electron chi connectivity index (χ4n) is 4.01. The number of hydrogen-bond donors (Lipinski definition) is 1. The van der Waals surface area contributed by atoms with E-state index in [9.17, 15) is 4.79 Å². The topological polar surface area (TPSA) is 44.8 Å². The molecule has 3 rings (SSSR count). The van der Waals surface area contributed by atoms with Gasteiger partial charge in [0.25, 0.3) is 0 Å². The Kier molecular flexibility index (Phi) is 9.82. The van der Waals surface area contributed by atoms with E-state index >= 15 is 0 Å². The molecule has 31 heavy (non-hydrogen) atoms. The Morgan fingerprint density at radius 2 is 1.87 bits per heavy atom. The van der Waals surface area contributed by atoms with Crippen LogP contribution >= 0.6 is 11.6 Å². The summed E-state index contributed by atoms with van der Waals surface area (Å²) in [5.74, 6) is 0.338. The van der Waals surface area contributed by atoms with Gasteiger partial charge in [-0.2, -0.15) is 0 Å². The van der Waals surface area contributed by atoms with E-state index in [0.29, 0.717) is 12.5 Å². The second-order valence-corrected chi connectivity index (χ2v) is 8.58. The van der Waals surface area contributed by atoms with E-state index in [1.165, 1.54) is 11.1 Å². The predicted molar refractivity (Wildman–Crippen MR) is 128 cm³/mol. The number of benzene rings is 2. The van der Waals surface area contributed by atoms with Crippen molar-refractivity contribution in [1.82, 2.24) is 10.2 Å². The molecule has 1 atom stereocenters. The maximum Gasteiger partial charge on any atom is 0.214 e. The van der Waals surface area contributed by atoms with Crippen molar-refractivity contribution in [2.75, 3.05) is 57.4 Å². The van der Waals surface area contributed by atoms with Gasteiger partial charge in [0.05, 0.1) is 13.2 Å². The minimum Gasteiger partial charge on any atom is -0.379 e. The van der Waals surface area contributed by atoms with E-state index in [2.05, 4.69) is 35.3 Å². The van der Waals surface area contributed by atoms with Crippen LogP contribution in [0.3, 0.4) is 0 Å². The van der Waals surface area contributed by atoms with E-state index < -0.39 is 0 Å². The number of anilines is 1. The average Bonchev–Trinajstić information content (AvgIpc) is 2.80. The van der Waals surface area contributed by atoms with Gasteiger partial charge in [0.1, 0.15) is 0 Å². The molecule has 1 aliphatic heterocycles. The summed E-state index contributed by atoms with van der Waals surface area (Å²) in [6, 6.07) is 16.2. The highest BCUT2D eigenvalue weighted by atomic mass is 35.5. The highest BCUT2D eigenvalue weighted by Gasteiger charge is 2.14. The Labute approximate surface area is 191 Å². The van der Waals surface area contributed by atoms with Gasteiger partial charge in [-0.1, -0.05) is 48.9 Å². The molecule has 0 radical (unpaired) electrons. The Morgan fingerprint density at radius 3 is 2.61 bits per heavy atom. The quantitative estimate of drug-likeness (QED) is 0.398. The molecule has 0 saturated carbocycles. The van der Waals surface area contributed by atoms with Gasteiger partial charge in [-0.05, 0) is 61.2 Å². The first kappa shape index (κ1) is 23.7. The number of halogens is 1. The normalized spacial score (nSPS) is 15.5. The summed E-state index contributed by atoms with van der Waals surface area (Å²) in [4.78, 5) is 16.1. The van der Waals surface area contributed by atoms with Crippen LogP contribution < -0.4 is 10.2 Å². The van der Waals surface area contributed by atoms with Gasteiger partial charge in [-0.3, -0.25) is 9.69 Å². The number of nitrogens with zero attached hydrogens (tertiary/aromatic N) is 2. The summed E-state index contributed by atoms with van der Waals surface area (Å²) >= 11 is 6.02. The summed E-state index contributed by atoms with van der Waals surface area (Å²) in [7, 11) is 0. The predicted octanol–water partition coefficient (Wildman–Crippen LogP) is 3.96.